The first-order valence-electron chi connectivity index (χ1n) is 5.88. The summed E-state index contributed by atoms with van der Waals surface area (Å²) in [5.41, 5.74) is 6.58. The molecule has 5 heteroatoms. The highest BCUT2D eigenvalue weighted by atomic mass is 16.5. The van der Waals surface area contributed by atoms with Crippen molar-refractivity contribution in [2.45, 2.75) is 19.5 Å². The first-order chi connectivity index (χ1) is 8.65. The van der Waals surface area contributed by atoms with Crippen LogP contribution in [0.5, 0.6) is 17.2 Å². The molecule has 1 aromatic rings. The maximum atomic E-state index is 5.57. The van der Waals surface area contributed by atoms with Crippen LogP contribution in [0.4, 0.5) is 0 Å². The van der Waals surface area contributed by atoms with Crippen molar-refractivity contribution in [3.8, 4) is 17.2 Å². The Balaban J connectivity index is 2.94. The second-order valence-electron chi connectivity index (χ2n) is 4.04. The average molecular weight is 254 g/mol. The minimum atomic E-state index is 0.253. The second kappa shape index (κ2) is 7.08. The van der Waals surface area contributed by atoms with Crippen LogP contribution in [0.3, 0.4) is 0 Å². The Kier molecular flexibility index (Phi) is 5.74. The molecular weight excluding hydrogens is 232 g/mol. The second-order valence-corrected chi connectivity index (χ2v) is 4.04. The van der Waals surface area contributed by atoms with Crippen LogP contribution in [-0.2, 0) is 6.54 Å². The van der Waals surface area contributed by atoms with Gasteiger partial charge in [-0.05, 0) is 13.0 Å². The van der Waals surface area contributed by atoms with Crippen molar-refractivity contribution in [3.05, 3.63) is 17.7 Å². The molecule has 0 spiro atoms. The normalized spacial score (nSPS) is 12.1. The number of ether oxygens (including phenoxy) is 3. The van der Waals surface area contributed by atoms with Gasteiger partial charge in [0.05, 0.1) is 21.3 Å². The van der Waals surface area contributed by atoms with Gasteiger partial charge < -0.3 is 25.3 Å². The van der Waals surface area contributed by atoms with Crippen LogP contribution in [0, 0.1) is 0 Å². The molecule has 1 atom stereocenters. The van der Waals surface area contributed by atoms with E-state index in [9.17, 15) is 0 Å². The van der Waals surface area contributed by atoms with Crippen molar-refractivity contribution in [3.63, 3.8) is 0 Å². The standard InChI is InChI=1S/C13H22N2O3/c1-9(7-14)15-8-10-5-12(17-3)13(18-4)6-11(10)16-2/h5-6,9,15H,7-8,14H2,1-4H3/t9-/m1/s1. The lowest BCUT2D eigenvalue weighted by Crippen LogP contribution is -2.32. The molecule has 0 saturated carbocycles. The fourth-order valence-corrected chi connectivity index (χ4v) is 1.60. The molecule has 0 heterocycles. The topological polar surface area (TPSA) is 65.7 Å². The average Bonchev–Trinajstić information content (AvgIpc) is 2.43. The molecule has 0 saturated heterocycles. The Labute approximate surface area is 108 Å². The summed E-state index contributed by atoms with van der Waals surface area (Å²) < 4.78 is 15.9. The number of hydrogen-bond donors (Lipinski definition) is 2. The lowest BCUT2D eigenvalue weighted by molar-refractivity contribution is 0.346. The molecule has 0 unspecified atom stereocenters. The van der Waals surface area contributed by atoms with Crippen LogP contribution in [0.15, 0.2) is 12.1 Å². The van der Waals surface area contributed by atoms with Gasteiger partial charge in [-0.2, -0.15) is 0 Å². The Bertz CT molecular complexity index is 383. The van der Waals surface area contributed by atoms with Crippen molar-refractivity contribution >= 4 is 0 Å². The summed E-state index contributed by atoms with van der Waals surface area (Å²) in [5.74, 6) is 2.12. The van der Waals surface area contributed by atoms with E-state index in [4.69, 9.17) is 19.9 Å². The highest BCUT2D eigenvalue weighted by molar-refractivity contribution is 5.50. The zero-order chi connectivity index (χ0) is 13.5. The van der Waals surface area contributed by atoms with Gasteiger partial charge in [0.15, 0.2) is 11.5 Å². The first kappa shape index (κ1) is 14.6. The highest BCUT2D eigenvalue weighted by Gasteiger charge is 2.12. The van der Waals surface area contributed by atoms with Gasteiger partial charge in [-0.1, -0.05) is 0 Å². The van der Waals surface area contributed by atoms with Crippen LogP contribution in [0.2, 0.25) is 0 Å². The summed E-state index contributed by atoms with van der Waals surface area (Å²) >= 11 is 0. The fourth-order valence-electron chi connectivity index (χ4n) is 1.60. The quantitative estimate of drug-likeness (QED) is 0.764. The zero-order valence-electron chi connectivity index (χ0n) is 11.4. The van der Waals surface area contributed by atoms with Crippen molar-refractivity contribution in [1.29, 1.82) is 0 Å². The van der Waals surface area contributed by atoms with Gasteiger partial charge >= 0.3 is 0 Å². The third-order valence-corrected chi connectivity index (χ3v) is 2.78. The molecule has 1 rings (SSSR count). The summed E-state index contributed by atoms with van der Waals surface area (Å²) in [4.78, 5) is 0. The van der Waals surface area contributed by atoms with Crippen LogP contribution in [0.25, 0.3) is 0 Å². The van der Waals surface area contributed by atoms with E-state index in [0.717, 1.165) is 11.3 Å². The predicted molar refractivity (Wildman–Crippen MR) is 71.5 cm³/mol. The van der Waals surface area contributed by atoms with Crippen LogP contribution >= 0.6 is 0 Å². The molecule has 0 aromatic heterocycles. The molecule has 5 nitrogen and oxygen atoms in total. The lowest BCUT2D eigenvalue weighted by atomic mass is 10.1. The van der Waals surface area contributed by atoms with Crippen molar-refractivity contribution in [2.75, 3.05) is 27.9 Å². The van der Waals surface area contributed by atoms with E-state index in [1.807, 2.05) is 19.1 Å². The number of nitrogens with two attached hydrogens (primary N) is 1. The van der Waals surface area contributed by atoms with Crippen molar-refractivity contribution in [2.24, 2.45) is 5.73 Å². The Hall–Kier alpha value is -1.46. The van der Waals surface area contributed by atoms with E-state index in [-0.39, 0.29) is 6.04 Å². The van der Waals surface area contributed by atoms with Crippen LogP contribution < -0.4 is 25.3 Å². The van der Waals surface area contributed by atoms with E-state index in [2.05, 4.69) is 5.32 Å². The van der Waals surface area contributed by atoms with Crippen LogP contribution in [-0.4, -0.2) is 33.9 Å². The van der Waals surface area contributed by atoms with Crippen molar-refractivity contribution < 1.29 is 14.2 Å². The summed E-state index contributed by atoms with van der Waals surface area (Å²) in [6, 6.07) is 3.99. The fraction of sp³-hybridized carbons (Fsp3) is 0.538. The van der Waals surface area contributed by atoms with Gasteiger partial charge in [0.2, 0.25) is 0 Å². The largest absolute Gasteiger partial charge is 0.496 e. The predicted octanol–water partition coefficient (Wildman–Crippen LogP) is 1.15. The molecule has 0 bridgehead atoms. The molecule has 0 aliphatic heterocycles. The molecule has 102 valence electrons. The third kappa shape index (κ3) is 3.51. The zero-order valence-corrected chi connectivity index (χ0v) is 11.4. The molecule has 1 aromatic carbocycles. The number of rotatable bonds is 7. The number of benzene rings is 1. The molecule has 0 aliphatic carbocycles. The van der Waals surface area contributed by atoms with Gasteiger partial charge in [0.1, 0.15) is 5.75 Å². The van der Waals surface area contributed by atoms with Gasteiger partial charge in [0.25, 0.3) is 0 Å². The van der Waals surface area contributed by atoms with E-state index in [0.29, 0.717) is 24.6 Å². The first-order valence-corrected chi connectivity index (χ1v) is 5.88. The molecule has 3 N–H and O–H groups in total. The summed E-state index contributed by atoms with van der Waals surface area (Å²) in [6.07, 6.45) is 0. The van der Waals surface area contributed by atoms with E-state index < -0.39 is 0 Å². The number of hydrogen-bond acceptors (Lipinski definition) is 5. The minimum Gasteiger partial charge on any atom is -0.496 e. The SMILES string of the molecule is COc1cc(OC)c(OC)cc1CN[C@H](C)CN. The summed E-state index contributed by atoms with van der Waals surface area (Å²) in [5, 5.41) is 3.31. The number of nitrogens with one attached hydrogen (secondary N) is 1. The Morgan fingerprint density at radius 1 is 1.06 bits per heavy atom. The van der Waals surface area contributed by atoms with E-state index in [1.165, 1.54) is 0 Å². The maximum Gasteiger partial charge on any atom is 0.164 e. The van der Waals surface area contributed by atoms with Crippen molar-refractivity contribution in [1.82, 2.24) is 5.32 Å². The molecule has 0 radical (unpaired) electrons. The third-order valence-electron chi connectivity index (χ3n) is 2.78. The van der Waals surface area contributed by atoms with Gasteiger partial charge in [0, 0.05) is 30.8 Å². The molecule has 0 aliphatic rings. The highest BCUT2D eigenvalue weighted by Crippen LogP contribution is 2.34. The van der Waals surface area contributed by atoms with Gasteiger partial charge in [-0.25, -0.2) is 0 Å². The van der Waals surface area contributed by atoms with Crippen LogP contribution in [0.1, 0.15) is 12.5 Å². The Morgan fingerprint density at radius 3 is 2.11 bits per heavy atom. The minimum absolute atomic E-state index is 0.253. The summed E-state index contributed by atoms with van der Waals surface area (Å²) in [7, 11) is 4.85. The van der Waals surface area contributed by atoms with Gasteiger partial charge in [-0.3, -0.25) is 0 Å². The van der Waals surface area contributed by atoms with E-state index >= 15 is 0 Å². The smallest absolute Gasteiger partial charge is 0.164 e. The molecule has 0 amide bonds. The maximum absolute atomic E-state index is 5.57. The molecular formula is C13H22N2O3. The lowest BCUT2D eigenvalue weighted by Gasteiger charge is -2.16. The molecule has 0 fully saturated rings. The number of methoxy groups -OCH3 is 3. The van der Waals surface area contributed by atoms with Gasteiger partial charge in [-0.15, -0.1) is 0 Å². The van der Waals surface area contributed by atoms with E-state index in [1.54, 1.807) is 21.3 Å². The summed E-state index contributed by atoms with van der Waals surface area (Å²) in [6.45, 7) is 3.30. The monoisotopic (exact) mass is 254 g/mol. The Morgan fingerprint density at radius 2 is 1.61 bits per heavy atom. The molecule has 18 heavy (non-hydrogen) atoms.